The van der Waals surface area contributed by atoms with Crippen molar-refractivity contribution in [3.05, 3.63) is 53.6 Å². The predicted molar refractivity (Wildman–Crippen MR) is 115 cm³/mol. The topological polar surface area (TPSA) is 97.0 Å². The summed E-state index contributed by atoms with van der Waals surface area (Å²) >= 11 is 0. The van der Waals surface area contributed by atoms with Crippen LogP contribution in [0.15, 0.2) is 47.4 Å². The zero-order valence-electron chi connectivity index (χ0n) is 17.2. The van der Waals surface area contributed by atoms with Gasteiger partial charge < -0.3 is 14.8 Å². The molecule has 0 saturated carbocycles. The minimum absolute atomic E-state index is 0.0597. The number of methoxy groups -OCH3 is 1. The summed E-state index contributed by atoms with van der Waals surface area (Å²) in [4.78, 5) is 14.8. The third-order valence-corrected chi connectivity index (χ3v) is 6.33. The molecule has 0 bridgehead atoms. The molecule has 0 radical (unpaired) electrons. The molecule has 30 heavy (non-hydrogen) atoms. The second-order valence-electron chi connectivity index (χ2n) is 7.03. The molecule has 1 fully saturated rings. The Balaban J connectivity index is 1.70. The first kappa shape index (κ1) is 22.2. The maximum absolute atomic E-state index is 12.7. The Hall–Kier alpha value is -2.46. The van der Waals surface area contributed by atoms with Gasteiger partial charge in [0.2, 0.25) is 10.0 Å². The van der Waals surface area contributed by atoms with Crippen LogP contribution >= 0.6 is 0 Å². The summed E-state index contributed by atoms with van der Waals surface area (Å²) < 4.78 is 38.6. The molecule has 162 valence electrons. The van der Waals surface area contributed by atoms with Crippen molar-refractivity contribution in [1.82, 2.24) is 9.62 Å². The normalized spacial score (nSPS) is 15.0. The third kappa shape index (κ3) is 5.79. The minimum Gasteiger partial charge on any atom is -0.495 e. The van der Waals surface area contributed by atoms with Crippen molar-refractivity contribution >= 4 is 21.6 Å². The number of nitrogens with zero attached hydrogens (tertiary/aromatic N) is 1. The Morgan fingerprint density at radius 3 is 2.50 bits per heavy atom. The van der Waals surface area contributed by atoms with Crippen LogP contribution in [0.3, 0.4) is 0 Å². The molecule has 0 aromatic heterocycles. The number of anilines is 1. The van der Waals surface area contributed by atoms with Crippen molar-refractivity contribution in [2.24, 2.45) is 0 Å². The lowest BCUT2D eigenvalue weighted by molar-refractivity contribution is 0.0390. The molecule has 0 atom stereocenters. The molecule has 8 nitrogen and oxygen atoms in total. The molecule has 2 aromatic carbocycles. The summed E-state index contributed by atoms with van der Waals surface area (Å²) in [6.45, 7) is 5.74. The SMILES string of the molecule is COc1ccc(S(=O)(=O)NCCN2CCOCC2)cc1NC(=O)c1ccc(C)cc1. The lowest BCUT2D eigenvalue weighted by Crippen LogP contribution is -2.41. The molecule has 0 unspecified atom stereocenters. The van der Waals surface area contributed by atoms with Gasteiger partial charge in [0.25, 0.3) is 5.91 Å². The monoisotopic (exact) mass is 433 g/mol. The molecule has 1 aliphatic heterocycles. The number of nitrogens with one attached hydrogen (secondary N) is 2. The number of aryl methyl sites for hydroxylation is 1. The maximum Gasteiger partial charge on any atom is 0.255 e. The van der Waals surface area contributed by atoms with E-state index >= 15 is 0 Å². The summed E-state index contributed by atoms with van der Waals surface area (Å²) in [6.07, 6.45) is 0. The lowest BCUT2D eigenvalue weighted by Gasteiger charge is -2.26. The van der Waals surface area contributed by atoms with Crippen molar-refractivity contribution in [2.75, 3.05) is 51.8 Å². The second kappa shape index (κ2) is 10.0. The van der Waals surface area contributed by atoms with Crippen LogP contribution in [-0.4, -0.2) is 65.7 Å². The van der Waals surface area contributed by atoms with Gasteiger partial charge in [-0.15, -0.1) is 0 Å². The fourth-order valence-electron chi connectivity index (χ4n) is 3.10. The van der Waals surface area contributed by atoms with Crippen LogP contribution in [0.1, 0.15) is 15.9 Å². The maximum atomic E-state index is 12.7. The van der Waals surface area contributed by atoms with E-state index in [-0.39, 0.29) is 10.8 Å². The summed E-state index contributed by atoms with van der Waals surface area (Å²) in [5, 5.41) is 2.74. The highest BCUT2D eigenvalue weighted by Gasteiger charge is 2.19. The Labute approximate surface area is 177 Å². The van der Waals surface area contributed by atoms with Gasteiger partial charge in [0.15, 0.2) is 0 Å². The average Bonchev–Trinajstić information content (AvgIpc) is 2.74. The number of carbonyl (C=O) groups is 1. The van der Waals surface area contributed by atoms with Gasteiger partial charge in [-0.2, -0.15) is 0 Å². The first-order valence-corrected chi connectivity index (χ1v) is 11.2. The molecule has 3 rings (SSSR count). The number of ether oxygens (including phenoxy) is 2. The van der Waals surface area contributed by atoms with E-state index in [2.05, 4.69) is 14.9 Å². The highest BCUT2D eigenvalue weighted by Crippen LogP contribution is 2.28. The second-order valence-corrected chi connectivity index (χ2v) is 8.80. The van der Waals surface area contributed by atoms with Crippen molar-refractivity contribution < 1.29 is 22.7 Å². The van der Waals surface area contributed by atoms with E-state index in [1.807, 2.05) is 19.1 Å². The van der Waals surface area contributed by atoms with Gasteiger partial charge in [0, 0.05) is 31.7 Å². The van der Waals surface area contributed by atoms with E-state index in [1.165, 1.54) is 25.3 Å². The molecular formula is C21H27N3O5S. The average molecular weight is 434 g/mol. The zero-order chi connectivity index (χ0) is 21.6. The van der Waals surface area contributed by atoms with E-state index in [0.717, 1.165) is 18.7 Å². The molecule has 2 N–H and O–H groups in total. The first-order chi connectivity index (χ1) is 14.4. The van der Waals surface area contributed by atoms with Gasteiger partial charge in [-0.3, -0.25) is 9.69 Å². The van der Waals surface area contributed by atoms with Crippen LogP contribution in [0, 0.1) is 6.92 Å². The molecule has 2 aromatic rings. The number of hydrogen-bond acceptors (Lipinski definition) is 6. The molecule has 1 saturated heterocycles. The summed E-state index contributed by atoms with van der Waals surface area (Å²) in [6, 6.07) is 11.5. The molecule has 1 aliphatic rings. The van der Waals surface area contributed by atoms with Crippen LogP contribution in [0.5, 0.6) is 5.75 Å². The van der Waals surface area contributed by atoms with Crippen LogP contribution < -0.4 is 14.8 Å². The van der Waals surface area contributed by atoms with E-state index in [0.29, 0.717) is 43.3 Å². The van der Waals surface area contributed by atoms with Crippen LogP contribution in [0.25, 0.3) is 0 Å². The summed E-state index contributed by atoms with van der Waals surface area (Å²) in [7, 11) is -2.27. The van der Waals surface area contributed by atoms with Gasteiger partial charge in [0.1, 0.15) is 5.75 Å². The Bertz CT molecular complexity index is 971. The molecule has 1 amide bonds. The van der Waals surface area contributed by atoms with Gasteiger partial charge in [0.05, 0.1) is 30.9 Å². The fraction of sp³-hybridized carbons (Fsp3) is 0.381. The summed E-state index contributed by atoms with van der Waals surface area (Å²) in [5.41, 5.74) is 1.80. The van der Waals surface area contributed by atoms with Crippen LogP contribution in [-0.2, 0) is 14.8 Å². The number of sulfonamides is 1. The lowest BCUT2D eigenvalue weighted by atomic mass is 10.1. The van der Waals surface area contributed by atoms with E-state index in [1.54, 1.807) is 12.1 Å². The zero-order valence-corrected chi connectivity index (χ0v) is 18.0. The quantitative estimate of drug-likeness (QED) is 0.660. The first-order valence-electron chi connectivity index (χ1n) is 9.75. The number of hydrogen-bond donors (Lipinski definition) is 2. The van der Waals surface area contributed by atoms with Gasteiger partial charge in [-0.05, 0) is 37.3 Å². The predicted octanol–water partition coefficient (Wildman–Crippen LogP) is 1.87. The highest BCUT2D eigenvalue weighted by molar-refractivity contribution is 7.89. The van der Waals surface area contributed by atoms with Gasteiger partial charge in [-0.25, -0.2) is 13.1 Å². The van der Waals surface area contributed by atoms with Crippen molar-refractivity contribution in [3.63, 3.8) is 0 Å². The molecular weight excluding hydrogens is 406 g/mol. The van der Waals surface area contributed by atoms with Crippen molar-refractivity contribution in [2.45, 2.75) is 11.8 Å². The van der Waals surface area contributed by atoms with Crippen molar-refractivity contribution in [1.29, 1.82) is 0 Å². The smallest absolute Gasteiger partial charge is 0.255 e. The standard InChI is InChI=1S/C21H27N3O5S/c1-16-3-5-17(6-4-16)21(25)23-19-15-18(7-8-20(19)28-2)30(26,27)22-9-10-24-11-13-29-14-12-24/h3-8,15,22H,9-14H2,1-2H3,(H,23,25). The number of carbonyl (C=O) groups excluding carboxylic acids is 1. The summed E-state index contributed by atoms with van der Waals surface area (Å²) in [5.74, 6) is 0.0332. The molecule has 0 aliphatic carbocycles. The molecule has 0 spiro atoms. The molecule has 1 heterocycles. The van der Waals surface area contributed by atoms with E-state index < -0.39 is 10.0 Å². The number of morpholine rings is 1. The van der Waals surface area contributed by atoms with Crippen LogP contribution in [0.4, 0.5) is 5.69 Å². The largest absolute Gasteiger partial charge is 0.495 e. The molecule has 9 heteroatoms. The number of rotatable bonds is 8. The van der Waals surface area contributed by atoms with Gasteiger partial charge >= 0.3 is 0 Å². The Kier molecular flexibility index (Phi) is 7.43. The highest BCUT2D eigenvalue weighted by atomic mass is 32.2. The number of benzene rings is 2. The number of amides is 1. The van der Waals surface area contributed by atoms with Gasteiger partial charge in [-0.1, -0.05) is 17.7 Å². The van der Waals surface area contributed by atoms with E-state index in [9.17, 15) is 13.2 Å². The van der Waals surface area contributed by atoms with E-state index in [4.69, 9.17) is 9.47 Å². The van der Waals surface area contributed by atoms with Crippen LogP contribution in [0.2, 0.25) is 0 Å². The third-order valence-electron chi connectivity index (χ3n) is 4.87. The van der Waals surface area contributed by atoms with Crippen molar-refractivity contribution in [3.8, 4) is 5.75 Å². The Morgan fingerprint density at radius 2 is 1.83 bits per heavy atom. The minimum atomic E-state index is -3.73. The Morgan fingerprint density at radius 1 is 1.13 bits per heavy atom. The fourth-order valence-corrected chi connectivity index (χ4v) is 4.14.